The normalized spacial score (nSPS) is 10.3. The third kappa shape index (κ3) is 1.08. The topological polar surface area (TPSA) is 92.9 Å². The van der Waals surface area contributed by atoms with E-state index in [1.165, 1.54) is 22.6 Å². The first-order valence-corrected chi connectivity index (χ1v) is 4.93. The van der Waals surface area contributed by atoms with E-state index in [9.17, 15) is 0 Å². The van der Waals surface area contributed by atoms with Crippen LogP contribution in [0.2, 0.25) is 0 Å². The second-order valence-electron chi connectivity index (χ2n) is 2.46. The van der Waals surface area contributed by atoms with Gasteiger partial charge >= 0.3 is 0 Å². The van der Waals surface area contributed by atoms with Gasteiger partial charge in [-0.1, -0.05) is 0 Å². The second-order valence-corrected chi connectivity index (χ2v) is 3.26. The van der Waals surface area contributed by atoms with E-state index < -0.39 is 0 Å². The molecule has 0 unspecified atom stereocenters. The van der Waals surface area contributed by atoms with Crippen LogP contribution >= 0.6 is 11.8 Å². The summed E-state index contributed by atoms with van der Waals surface area (Å²) < 4.78 is 1.35. The predicted molar refractivity (Wildman–Crippen MR) is 51.7 cm³/mol. The molecule has 2 heterocycles. The zero-order valence-electron chi connectivity index (χ0n) is 7.30. The molecule has 0 aliphatic heterocycles. The zero-order chi connectivity index (χ0) is 10.1. The molecule has 14 heavy (non-hydrogen) atoms. The van der Waals surface area contributed by atoms with E-state index in [4.69, 9.17) is 11.0 Å². The van der Waals surface area contributed by atoms with E-state index in [0.717, 1.165) is 0 Å². The molecule has 2 aromatic rings. The Labute approximate surface area is 83.8 Å². The lowest BCUT2D eigenvalue weighted by molar-refractivity contribution is 0.920. The number of rotatable bonds is 1. The number of nitrogen functional groups attached to an aromatic ring is 1. The van der Waals surface area contributed by atoms with Crippen LogP contribution in [0.1, 0.15) is 5.56 Å². The standard InChI is InChI=1S/C7H6N6S/c1-14-6-4(2-8)5(9)13-7(12-6)10-3-11-13/h3H,9H2,1H3. The molecule has 0 saturated heterocycles. The van der Waals surface area contributed by atoms with Gasteiger partial charge in [-0.2, -0.15) is 19.9 Å². The highest BCUT2D eigenvalue weighted by Gasteiger charge is 2.12. The molecule has 0 aliphatic carbocycles. The van der Waals surface area contributed by atoms with E-state index in [1.54, 1.807) is 0 Å². The van der Waals surface area contributed by atoms with Gasteiger partial charge in [0.1, 0.15) is 28.8 Å². The summed E-state index contributed by atoms with van der Waals surface area (Å²) in [4.78, 5) is 8.04. The van der Waals surface area contributed by atoms with Gasteiger partial charge in [-0.15, -0.1) is 11.8 Å². The van der Waals surface area contributed by atoms with Gasteiger partial charge in [0.25, 0.3) is 5.78 Å². The number of hydrogen-bond acceptors (Lipinski definition) is 6. The van der Waals surface area contributed by atoms with Gasteiger partial charge in [-0.3, -0.25) is 0 Å². The monoisotopic (exact) mass is 206 g/mol. The molecule has 0 amide bonds. The van der Waals surface area contributed by atoms with Crippen LogP contribution in [0.3, 0.4) is 0 Å². The first-order valence-electron chi connectivity index (χ1n) is 3.71. The Morgan fingerprint density at radius 3 is 3.07 bits per heavy atom. The summed E-state index contributed by atoms with van der Waals surface area (Å²) in [5, 5.41) is 13.3. The van der Waals surface area contributed by atoms with Crippen molar-refractivity contribution in [3.63, 3.8) is 0 Å². The fraction of sp³-hybridized carbons (Fsp3) is 0.143. The van der Waals surface area contributed by atoms with Crippen LogP contribution in [0, 0.1) is 11.3 Å². The maximum atomic E-state index is 8.88. The Hall–Kier alpha value is -1.81. The highest BCUT2D eigenvalue weighted by molar-refractivity contribution is 7.98. The molecule has 0 saturated carbocycles. The van der Waals surface area contributed by atoms with Crippen LogP contribution in [-0.4, -0.2) is 25.8 Å². The van der Waals surface area contributed by atoms with Crippen LogP contribution in [0.4, 0.5) is 5.82 Å². The molecule has 0 spiro atoms. The molecule has 0 aromatic carbocycles. The third-order valence-corrected chi connectivity index (χ3v) is 2.42. The van der Waals surface area contributed by atoms with E-state index in [2.05, 4.69) is 15.1 Å². The van der Waals surface area contributed by atoms with E-state index >= 15 is 0 Å². The van der Waals surface area contributed by atoms with Gasteiger partial charge in [-0.05, 0) is 6.26 Å². The summed E-state index contributed by atoms with van der Waals surface area (Å²) in [5.74, 6) is 0.685. The molecule has 0 fully saturated rings. The Bertz CT molecular complexity index is 525. The van der Waals surface area contributed by atoms with Gasteiger partial charge in [0.05, 0.1) is 0 Å². The lowest BCUT2D eigenvalue weighted by Gasteiger charge is -2.03. The molecule has 70 valence electrons. The molecule has 7 heteroatoms. The maximum absolute atomic E-state index is 8.88. The molecule has 6 nitrogen and oxygen atoms in total. The number of nitrogens with two attached hydrogens (primary N) is 1. The summed E-state index contributed by atoms with van der Waals surface area (Å²) in [5.41, 5.74) is 6.08. The van der Waals surface area contributed by atoms with Crippen LogP contribution < -0.4 is 5.73 Å². The molecular formula is C7H6N6S. The van der Waals surface area contributed by atoms with Gasteiger partial charge in [0.15, 0.2) is 0 Å². The highest BCUT2D eigenvalue weighted by atomic mass is 32.2. The molecule has 0 atom stereocenters. The van der Waals surface area contributed by atoms with E-state index in [0.29, 0.717) is 16.4 Å². The van der Waals surface area contributed by atoms with E-state index in [1.807, 2.05) is 12.3 Å². The lowest BCUT2D eigenvalue weighted by atomic mass is 10.3. The van der Waals surface area contributed by atoms with Crippen molar-refractivity contribution in [3.8, 4) is 6.07 Å². The average Bonchev–Trinajstić information content (AvgIpc) is 2.65. The zero-order valence-corrected chi connectivity index (χ0v) is 8.12. The van der Waals surface area contributed by atoms with Gasteiger partial charge in [0, 0.05) is 0 Å². The average molecular weight is 206 g/mol. The number of thioether (sulfide) groups is 1. The number of hydrogen-bond donors (Lipinski definition) is 1. The molecule has 0 aliphatic rings. The van der Waals surface area contributed by atoms with Crippen molar-refractivity contribution in [1.29, 1.82) is 5.26 Å². The van der Waals surface area contributed by atoms with Crippen molar-refractivity contribution in [2.75, 3.05) is 12.0 Å². The van der Waals surface area contributed by atoms with Crippen LogP contribution in [0.15, 0.2) is 11.4 Å². The first kappa shape index (κ1) is 8.77. The summed E-state index contributed by atoms with van der Waals surface area (Å²) >= 11 is 1.36. The molecule has 0 bridgehead atoms. The SMILES string of the molecule is CSc1nc2ncnn2c(N)c1C#N. The number of nitriles is 1. The van der Waals surface area contributed by atoms with Crippen molar-refractivity contribution in [1.82, 2.24) is 19.6 Å². The molecule has 2 rings (SSSR count). The summed E-state index contributed by atoms with van der Waals surface area (Å²) in [6.07, 6.45) is 3.18. The van der Waals surface area contributed by atoms with E-state index in [-0.39, 0.29) is 5.82 Å². The molecule has 0 radical (unpaired) electrons. The highest BCUT2D eigenvalue weighted by Crippen LogP contribution is 2.22. The second kappa shape index (κ2) is 3.16. The quantitative estimate of drug-likeness (QED) is 0.532. The van der Waals surface area contributed by atoms with Crippen LogP contribution in [0.5, 0.6) is 0 Å². The minimum atomic E-state index is 0.277. The fourth-order valence-corrected chi connectivity index (χ4v) is 1.62. The molecular weight excluding hydrogens is 200 g/mol. The number of aromatic nitrogens is 4. The lowest BCUT2D eigenvalue weighted by Crippen LogP contribution is -2.05. The third-order valence-electron chi connectivity index (χ3n) is 1.73. The molecule has 2 aromatic heterocycles. The Balaban J connectivity index is 2.88. The van der Waals surface area contributed by atoms with Crippen molar-refractivity contribution in [2.24, 2.45) is 0 Å². The Morgan fingerprint density at radius 2 is 2.43 bits per heavy atom. The predicted octanol–water partition coefficient (Wildman–Crippen LogP) is 0.300. The minimum Gasteiger partial charge on any atom is -0.382 e. The summed E-state index contributed by atoms with van der Waals surface area (Å²) in [6.45, 7) is 0. The first-order chi connectivity index (χ1) is 6.77. The summed E-state index contributed by atoms with van der Waals surface area (Å²) in [6, 6.07) is 2.00. The van der Waals surface area contributed by atoms with Crippen molar-refractivity contribution in [3.05, 3.63) is 11.9 Å². The largest absolute Gasteiger partial charge is 0.382 e. The van der Waals surface area contributed by atoms with Gasteiger partial charge < -0.3 is 5.73 Å². The van der Waals surface area contributed by atoms with Crippen LogP contribution in [-0.2, 0) is 0 Å². The number of nitrogens with zero attached hydrogens (tertiary/aromatic N) is 5. The summed E-state index contributed by atoms with van der Waals surface area (Å²) in [7, 11) is 0. The fourth-order valence-electron chi connectivity index (χ4n) is 1.10. The molecule has 2 N–H and O–H groups in total. The smallest absolute Gasteiger partial charge is 0.255 e. The van der Waals surface area contributed by atoms with Gasteiger partial charge in [-0.25, -0.2) is 4.98 Å². The minimum absolute atomic E-state index is 0.277. The Morgan fingerprint density at radius 1 is 1.64 bits per heavy atom. The Kier molecular flexibility index (Phi) is 1.98. The van der Waals surface area contributed by atoms with Gasteiger partial charge in [0.2, 0.25) is 0 Å². The van der Waals surface area contributed by atoms with Crippen LogP contribution in [0.25, 0.3) is 5.78 Å². The van der Waals surface area contributed by atoms with Crippen molar-refractivity contribution < 1.29 is 0 Å². The van der Waals surface area contributed by atoms with Crippen molar-refractivity contribution in [2.45, 2.75) is 5.03 Å². The number of fused-ring (bicyclic) bond motifs is 1. The number of anilines is 1. The maximum Gasteiger partial charge on any atom is 0.255 e. The van der Waals surface area contributed by atoms with Crippen molar-refractivity contribution >= 4 is 23.4 Å².